The molecule has 0 unspecified atom stereocenters. The molecule has 2 amide bonds. The van der Waals surface area contributed by atoms with Gasteiger partial charge in [-0.1, -0.05) is 0 Å². The molecule has 0 radical (unpaired) electrons. The molecule has 25 heavy (non-hydrogen) atoms. The van der Waals surface area contributed by atoms with Crippen LogP contribution in [0.25, 0.3) is 6.08 Å². The number of aromatic nitrogens is 2. The summed E-state index contributed by atoms with van der Waals surface area (Å²) in [6.07, 6.45) is 7.28. The van der Waals surface area contributed by atoms with E-state index in [1.54, 1.807) is 23.0 Å². The smallest absolute Gasteiger partial charge is 0.247 e. The summed E-state index contributed by atoms with van der Waals surface area (Å²) in [6.45, 7) is 4.67. The minimum Gasteiger partial charge on any atom is -0.370 e. The van der Waals surface area contributed by atoms with E-state index >= 15 is 0 Å². The first kappa shape index (κ1) is 17.7. The molecule has 3 rings (SSSR count). The number of carbonyl (C=O) groups is 2. The maximum Gasteiger partial charge on any atom is 0.247 e. The van der Waals surface area contributed by atoms with Gasteiger partial charge in [0.2, 0.25) is 11.8 Å². The van der Waals surface area contributed by atoms with Crippen molar-refractivity contribution in [2.75, 3.05) is 6.54 Å². The fourth-order valence-corrected chi connectivity index (χ4v) is 4.35. The second kappa shape index (κ2) is 6.29. The lowest BCUT2D eigenvalue weighted by Gasteiger charge is -2.38. The Morgan fingerprint density at radius 1 is 1.48 bits per heavy atom. The average molecular weight is 346 g/mol. The third-order valence-corrected chi connectivity index (χ3v) is 5.23. The molecule has 7 heteroatoms. The minimum atomic E-state index is -0.452. The van der Waals surface area contributed by atoms with Crippen LogP contribution < -0.4 is 5.73 Å². The minimum absolute atomic E-state index is 0.0607. The van der Waals surface area contributed by atoms with Crippen molar-refractivity contribution in [3.05, 3.63) is 24.0 Å². The highest BCUT2D eigenvalue weighted by atomic mass is 16.5. The van der Waals surface area contributed by atoms with Gasteiger partial charge in [0.25, 0.3) is 0 Å². The van der Waals surface area contributed by atoms with Crippen molar-refractivity contribution in [3.63, 3.8) is 0 Å². The Bertz CT molecular complexity index is 709. The second-order valence-electron chi connectivity index (χ2n) is 7.62. The summed E-state index contributed by atoms with van der Waals surface area (Å²) >= 11 is 0. The number of primary amides is 1. The molecule has 1 spiro atoms. The third kappa shape index (κ3) is 3.33. The highest BCUT2D eigenvalue weighted by molar-refractivity contribution is 5.92. The van der Waals surface area contributed by atoms with Gasteiger partial charge in [-0.25, -0.2) is 0 Å². The Morgan fingerprint density at radius 3 is 2.88 bits per heavy atom. The van der Waals surface area contributed by atoms with Crippen LogP contribution in [0.2, 0.25) is 0 Å². The first-order chi connectivity index (χ1) is 11.7. The maximum atomic E-state index is 12.9. The zero-order valence-electron chi connectivity index (χ0n) is 15.1. The number of carbonyl (C=O) groups excluding carboxylic acids is 2. The SMILES string of the molecule is Cn1nccc1/C=C/C(=O)N1CCC[C@]12CC(C)(C)O[C@H]2CC(N)=O. The summed E-state index contributed by atoms with van der Waals surface area (Å²) in [4.78, 5) is 26.3. The van der Waals surface area contributed by atoms with Crippen molar-refractivity contribution in [2.45, 2.75) is 56.8 Å². The van der Waals surface area contributed by atoms with E-state index in [9.17, 15) is 9.59 Å². The molecule has 7 nitrogen and oxygen atoms in total. The molecule has 1 aromatic heterocycles. The second-order valence-corrected chi connectivity index (χ2v) is 7.62. The van der Waals surface area contributed by atoms with Crippen molar-refractivity contribution in [1.29, 1.82) is 0 Å². The zero-order chi connectivity index (χ0) is 18.2. The average Bonchev–Trinajstić information content (AvgIpc) is 3.16. The van der Waals surface area contributed by atoms with Crippen LogP contribution in [0.4, 0.5) is 0 Å². The Hall–Kier alpha value is -2.15. The predicted molar refractivity (Wildman–Crippen MR) is 93.3 cm³/mol. The number of aryl methyl sites for hydroxylation is 1. The molecule has 1 aromatic rings. The van der Waals surface area contributed by atoms with Gasteiger partial charge < -0.3 is 15.4 Å². The summed E-state index contributed by atoms with van der Waals surface area (Å²) in [6, 6.07) is 1.85. The molecule has 2 saturated heterocycles. The molecule has 0 saturated carbocycles. The molecular weight excluding hydrogens is 320 g/mol. The van der Waals surface area contributed by atoms with Gasteiger partial charge in [0.15, 0.2) is 0 Å². The van der Waals surface area contributed by atoms with E-state index in [0.717, 1.165) is 18.5 Å². The molecule has 136 valence electrons. The fraction of sp³-hybridized carbons (Fsp3) is 0.611. The summed E-state index contributed by atoms with van der Waals surface area (Å²) in [5.41, 5.74) is 5.45. The fourth-order valence-electron chi connectivity index (χ4n) is 4.35. The predicted octanol–water partition coefficient (Wildman–Crippen LogP) is 1.24. The van der Waals surface area contributed by atoms with Crippen LogP contribution in [0.1, 0.15) is 45.2 Å². The molecule has 2 aliphatic rings. The van der Waals surface area contributed by atoms with Gasteiger partial charge in [0.05, 0.1) is 29.4 Å². The number of likely N-dealkylation sites (tertiary alicyclic amines) is 1. The van der Waals surface area contributed by atoms with E-state index in [2.05, 4.69) is 5.10 Å². The first-order valence-corrected chi connectivity index (χ1v) is 8.67. The molecule has 0 aromatic carbocycles. The van der Waals surface area contributed by atoms with Crippen LogP contribution in [0, 0.1) is 0 Å². The van der Waals surface area contributed by atoms with Crippen molar-refractivity contribution >= 4 is 17.9 Å². The summed E-state index contributed by atoms with van der Waals surface area (Å²) < 4.78 is 7.82. The number of nitrogens with zero attached hydrogens (tertiary/aromatic N) is 3. The van der Waals surface area contributed by atoms with Gasteiger partial charge in [-0.05, 0) is 38.8 Å². The normalized spacial score (nSPS) is 28.3. The van der Waals surface area contributed by atoms with Crippen LogP contribution in [-0.2, 0) is 21.4 Å². The third-order valence-electron chi connectivity index (χ3n) is 5.23. The van der Waals surface area contributed by atoms with Gasteiger partial charge in [-0.2, -0.15) is 5.10 Å². The van der Waals surface area contributed by atoms with Gasteiger partial charge in [0, 0.05) is 32.3 Å². The number of nitrogens with two attached hydrogens (primary N) is 1. The van der Waals surface area contributed by atoms with Crippen LogP contribution >= 0.6 is 0 Å². The lowest BCUT2D eigenvalue weighted by Crippen LogP contribution is -2.53. The summed E-state index contributed by atoms with van der Waals surface area (Å²) in [5, 5.41) is 4.10. The van der Waals surface area contributed by atoms with Crippen molar-refractivity contribution in [1.82, 2.24) is 14.7 Å². The summed E-state index contributed by atoms with van der Waals surface area (Å²) in [5.74, 6) is -0.457. The molecular formula is C18H26N4O3. The van der Waals surface area contributed by atoms with E-state index in [-0.39, 0.29) is 24.0 Å². The monoisotopic (exact) mass is 346 g/mol. The Kier molecular flexibility index (Phi) is 4.45. The molecule has 3 heterocycles. The standard InChI is InChI=1S/C18H26N4O3/c1-17(2)12-18(14(25-17)11-15(19)23)8-4-10-22(18)16(24)6-5-13-7-9-20-21(13)3/h5-7,9,14H,4,8,10-12H2,1-3H3,(H2,19,23)/b6-5+/t14-,18+/m0/s1. The van der Waals surface area contributed by atoms with E-state index < -0.39 is 11.4 Å². The van der Waals surface area contributed by atoms with Crippen molar-refractivity contribution in [2.24, 2.45) is 12.8 Å². The summed E-state index contributed by atoms with van der Waals surface area (Å²) in [7, 11) is 1.83. The van der Waals surface area contributed by atoms with Gasteiger partial charge >= 0.3 is 0 Å². The largest absolute Gasteiger partial charge is 0.370 e. The molecule has 0 bridgehead atoms. The van der Waals surface area contributed by atoms with E-state index in [0.29, 0.717) is 13.0 Å². The van der Waals surface area contributed by atoms with E-state index in [1.807, 2.05) is 31.9 Å². The van der Waals surface area contributed by atoms with Gasteiger partial charge in [-0.15, -0.1) is 0 Å². The first-order valence-electron chi connectivity index (χ1n) is 8.67. The molecule has 2 fully saturated rings. The maximum absolute atomic E-state index is 12.9. The number of hydrogen-bond donors (Lipinski definition) is 1. The molecule has 2 N–H and O–H groups in total. The number of hydrogen-bond acceptors (Lipinski definition) is 4. The highest BCUT2D eigenvalue weighted by Crippen LogP contribution is 2.48. The number of ether oxygens (including phenoxy) is 1. The van der Waals surface area contributed by atoms with E-state index in [1.165, 1.54) is 0 Å². The molecule has 2 aliphatic heterocycles. The van der Waals surface area contributed by atoms with Crippen molar-refractivity contribution in [3.8, 4) is 0 Å². The highest BCUT2D eigenvalue weighted by Gasteiger charge is 2.58. The number of rotatable bonds is 4. The quantitative estimate of drug-likeness (QED) is 0.831. The van der Waals surface area contributed by atoms with Crippen LogP contribution in [0.3, 0.4) is 0 Å². The number of amides is 2. The van der Waals surface area contributed by atoms with Crippen LogP contribution in [0.15, 0.2) is 18.3 Å². The van der Waals surface area contributed by atoms with Gasteiger partial charge in [0.1, 0.15) is 0 Å². The molecule has 2 atom stereocenters. The Morgan fingerprint density at radius 2 is 2.24 bits per heavy atom. The van der Waals surface area contributed by atoms with Crippen molar-refractivity contribution < 1.29 is 14.3 Å². The lowest BCUT2D eigenvalue weighted by atomic mass is 9.82. The Balaban J connectivity index is 1.85. The van der Waals surface area contributed by atoms with E-state index in [4.69, 9.17) is 10.5 Å². The van der Waals surface area contributed by atoms with Gasteiger partial charge in [-0.3, -0.25) is 14.3 Å². The van der Waals surface area contributed by atoms with Crippen LogP contribution in [-0.4, -0.2) is 50.3 Å². The Labute approximate surface area is 147 Å². The van der Waals surface area contributed by atoms with Crippen LogP contribution in [0.5, 0.6) is 0 Å². The lowest BCUT2D eigenvalue weighted by molar-refractivity contribution is -0.135. The zero-order valence-corrected chi connectivity index (χ0v) is 15.1. The molecule has 0 aliphatic carbocycles. The topological polar surface area (TPSA) is 90.4 Å².